The zero-order valence-electron chi connectivity index (χ0n) is 23.2. The molecule has 1 aliphatic rings. The molecule has 7 nitrogen and oxygen atoms in total. The molecule has 3 atom stereocenters. The van der Waals surface area contributed by atoms with Crippen LogP contribution in [-0.2, 0) is 14.4 Å². The Labute approximate surface area is 219 Å². The lowest BCUT2D eigenvalue weighted by Gasteiger charge is -2.36. The van der Waals surface area contributed by atoms with E-state index < -0.39 is 29.5 Å². The summed E-state index contributed by atoms with van der Waals surface area (Å²) in [6.45, 7) is 5.81. The van der Waals surface area contributed by atoms with Gasteiger partial charge < -0.3 is 21.1 Å². The van der Waals surface area contributed by atoms with Crippen LogP contribution in [0.15, 0.2) is 12.2 Å². The third kappa shape index (κ3) is 11.4. The summed E-state index contributed by atoms with van der Waals surface area (Å²) in [7, 11) is 0. The van der Waals surface area contributed by atoms with Gasteiger partial charge in [-0.3, -0.25) is 9.59 Å². The van der Waals surface area contributed by atoms with Gasteiger partial charge in [-0.1, -0.05) is 83.3 Å². The Hall–Kier alpha value is -1.89. The van der Waals surface area contributed by atoms with Gasteiger partial charge in [-0.25, -0.2) is 4.79 Å². The highest BCUT2D eigenvalue weighted by Gasteiger charge is 2.50. The van der Waals surface area contributed by atoms with Crippen molar-refractivity contribution in [1.82, 2.24) is 10.2 Å². The molecule has 1 aliphatic heterocycles. The molecule has 0 bridgehead atoms. The molecule has 0 spiro atoms. The quantitative estimate of drug-likeness (QED) is 0.144. The summed E-state index contributed by atoms with van der Waals surface area (Å²) in [5.41, 5.74) is 4.42. The number of nitrogens with two attached hydrogens (primary N) is 1. The Morgan fingerprint density at radius 1 is 0.917 bits per heavy atom. The van der Waals surface area contributed by atoms with Crippen molar-refractivity contribution in [3.8, 4) is 0 Å². The molecule has 0 radical (unpaired) electrons. The molecule has 1 fully saturated rings. The van der Waals surface area contributed by atoms with Gasteiger partial charge in [-0.15, -0.1) is 0 Å². The fourth-order valence-corrected chi connectivity index (χ4v) is 5.09. The van der Waals surface area contributed by atoms with Gasteiger partial charge in [0.2, 0.25) is 11.8 Å². The number of unbranched alkanes of at least 4 members (excludes halogenated alkanes) is 12. The number of nitrogens with zero attached hydrogens (tertiary/aromatic N) is 1. The first-order valence-corrected chi connectivity index (χ1v) is 14.5. The molecule has 1 saturated heterocycles. The standard InChI is InChI=1S/C29H53N3O4/c1-4-5-6-7-8-9-10-11-12-13-14-15-16-17-18-19-21-29(28(35)36)22-20-23-32(29)27(34)25(3)31-26(33)24(2)30/h11-12,24-25H,4-10,13-23,30H2,1-3H3,(H,31,33)(H,35,36)/t24-,25-,29-/m0/s1. The number of nitrogens with one attached hydrogen (secondary N) is 1. The normalized spacial score (nSPS) is 19.5. The minimum Gasteiger partial charge on any atom is -0.479 e. The van der Waals surface area contributed by atoms with Crippen molar-refractivity contribution < 1.29 is 19.5 Å². The molecule has 0 aromatic heterocycles. The van der Waals surface area contributed by atoms with E-state index >= 15 is 0 Å². The van der Waals surface area contributed by atoms with Crippen molar-refractivity contribution in [2.45, 2.75) is 148 Å². The fourth-order valence-electron chi connectivity index (χ4n) is 5.09. The minimum absolute atomic E-state index is 0.339. The summed E-state index contributed by atoms with van der Waals surface area (Å²) in [4.78, 5) is 38.6. The molecule has 1 heterocycles. The highest BCUT2D eigenvalue weighted by atomic mass is 16.4. The summed E-state index contributed by atoms with van der Waals surface area (Å²) in [6, 6.07) is -1.51. The molecule has 0 aromatic rings. The molecule has 0 aromatic carbocycles. The van der Waals surface area contributed by atoms with Gasteiger partial charge in [0.1, 0.15) is 11.6 Å². The van der Waals surface area contributed by atoms with E-state index in [0.717, 1.165) is 32.1 Å². The van der Waals surface area contributed by atoms with E-state index in [2.05, 4.69) is 24.4 Å². The first-order valence-electron chi connectivity index (χ1n) is 14.5. The van der Waals surface area contributed by atoms with E-state index in [1.54, 1.807) is 13.8 Å². The number of amides is 2. The van der Waals surface area contributed by atoms with Crippen LogP contribution in [0, 0.1) is 0 Å². The highest BCUT2D eigenvalue weighted by molar-refractivity contribution is 5.93. The maximum atomic E-state index is 13.0. The highest BCUT2D eigenvalue weighted by Crippen LogP contribution is 2.35. The molecule has 7 heteroatoms. The molecular formula is C29H53N3O4. The van der Waals surface area contributed by atoms with Gasteiger partial charge in [0.25, 0.3) is 0 Å². The van der Waals surface area contributed by atoms with E-state index in [-0.39, 0.29) is 5.91 Å². The maximum absolute atomic E-state index is 13.0. The maximum Gasteiger partial charge on any atom is 0.329 e. The second kappa shape index (κ2) is 18.4. The molecule has 36 heavy (non-hydrogen) atoms. The van der Waals surface area contributed by atoms with Crippen LogP contribution in [0.3, 0.4) is 0 Å². The average molecular weight is 508 g/mol. The van der Waals surface area contributed by atoms with Gasteiger partial charge in [-0.2, -0.15) is 0 Å². The molecule has 4 N–H and O–H groups in total. The molecule has 0 aliphatic carbocycles. The minimum atomic E-state index is -1.16. The van der Waals surface area contributed by atoms with E-state index in [1.807, 2.05) is 0 Å². The number of carbonyl (C=O) groups is 3. The van der Waals surface area contributed by atoms with Crippen molar-refractivity contribution in [2.24, 2.45) is 5.73 Å². The fraction of sp³-hybridized carbons (Fsp3) is 0.828. The summed E-state index contributed by atoms with van der Waals surface area (Å²) in [5, 5.41) is 12.7. The zero-order valence-corrected chi connectivity index (χ0v) is 23.2. The lowest BCUT2D eigenvalue weighted by molar-refractivity contribution is -0.158. The molecule has 2 amide bonds. The number of carboxylic acids is 1. The van der Waals surface area contributed by atoms with Crippen molar-refractivity contribution in [3.63, 3.8) is 0 Å². The number of aliphatic carboxylic acids is 1. The molecule has 1 rings (SSSR count). The lowest BCUT2D eigenvalue weighted by atomic mass is 9.88. The summed E-state index contributed by atoms with van der Waals surface area (Å²) in [6.07, 6.45) is 23.1. The first-order chi connectivity index (χ1) is 17.3. The van der Waals surface area contributed by atoms with Gasteiger partial charge in [0.15, 0.2) is 0 Å². The van der Waals surface area contributed by atoms with Gasteiger partial charge >= 0.3 is 5.97 Å². The smallest absolute Gasteiger partial charge is 0.329 e. The van der Waals surface area contributed by atoms with E-state index in [0.29, 0.717) is 25.8 Å². The molecule has 0 saturated carbocycles. The Morgan fingerprint density at radius 3 is 1.97 bits per heavy atom. The van der Waals surface area contributed by atoms with Gasteiger partial charge in [0.05, 0.1) is 6.04 Å². The third-order valence-corrected chi connectivity index (χ3v) is 7.40. The number of hydrogen-bond donors (Lipinski definition) is 3. The Balaban J connectivity index is 2.27. The van der Waals surface area contributed by atoms with Crippen molar-refractivity contribution >= 4 is 17.8 Å². The predicted molar refractivity (Wildman–Crippen MR) is 147 cm³/mol. The topological polar surface area (TPSA) is 113 Å². The second-order valence-corrected chi connectivity index (χ2v) is 10.6. The van der Waals surface area contributed by atoms with Crippen molar-refractivity contribution in [2.75, 3.05) is 6.54 Å². The Kier molecular flexibility index (Phi) is 16.4. The van der Waals surface area contributed by atoms with Crippen LogP contribution in [0.1, 0.15) is 130 Å². The number of carboxylic acid groups (broad SMARTS) is 1. The number of rotatable bonds is 20. The monoisotopic (exact) mass is 507 g/mol. The number of likely N-dealkylation sites (tertiary alicyclic amines) is 1. The number of carbonyl (C=O) groups excluding carboxylic acids is 2. The summed E-state index contributed by atoms with van der Waals surface area (Å²) < 4.78 is 0. The first kappa shape index (κ1) is 32.1. The van der Waals surface area contributed by atoms with Crippen LogP contribution in [-0.4, -0.2) is 52.0 Å². The van der Waals surface area contributed by atoms with Crippen molar-refractivity contribution in [1.29, 1.82) is 0 Å². The molecule has 0 unspecified atom stereocenters. The zero-order chi connectivity index (χ0) is 26.8. The largest absolute Gasteiger partial charge is 0.479 e. The average Bonchev–Trinajstić information content (AvgIpc) is 3.28. The van der Waals surface area contributed by atoms with Crippen LogP contribution >= 0.6 is 0 Å². The van der Waals surface area contributed by atoms with Crippen LogP contribution in [0.2, 0.25) is 0 Å². The summed E-state index contributed by atoms with van der Waals surface area (Å²) >= 11 is 0. The van der Waals surface area contributed by atoms with Crippen molar-refractivity contribution in [3.05, 3.63) is 12.2 Å². The van der Waals surface area contributed by atoms with Crippen LogP contribution in [0.5, 0.6) is 0 Å². The lowest BCUT2D eigenvalue weighted by Crippen LogP contribution is -2.58. The van der Waals surface area contributed by atoms with Gasteiger partial charge in [0, 0.05) is 6.54 Å². The second-order valence-electron chi connectivity index (χ2n) is 10.6. The van der Waals surface area contributed by atoms with Gasteiger partial charge in [-0.05, 0) is 58.8 Å². The van der Waals surface area contributed by atoms with E-state index in [1.165, 1.54) is 62.7 Å². The Bertz CT molecular complexity index is 679. The van der Waals surface area contributed by atoms with Crippen LogP contribution < -0.4 is 11.1 Å². The Morgan fingerprint density at radius 2 is 1.44 bits per heavy atom. The SMILES string of the molecule is CCCCCCCCC=CCCCCCCCC[C@@]1(C(=O)O)CCCN1C(=O)[C@H](C)NC(=O)[C@H](C)N. The van der Waals surface area contributed by atoms with E-state index in [9.17, 15) is 19.5 Å². The summed E-state index contributed by atoms with van der Waals surface area (Å²) in [5.74, 6) is -1.69. The van der Waals surface area contributed by atoms with Crippen LogP contribution in [0.25, 0.3) is 0 Å². The van der Waals surface area contributed by atoms with E-state index in [4.69, 9.17) is 5.73 Å². The molecule has 208 valence electrons. The predicted octanol–water partition coefficient (Wildman–Crippen LogP) is 5.71. The number of hydrogen-bond acceptors (Lipinski definition) is 4. The van der Waals surface area contributed by atoms with Crippen LogP contribution in [0.4, 0.5) is 0 Å². The third-order valence-electron chi connectivity index (χ3n) is 7.40. The number of allylic oxidation sites excluding steroid dienone is 2. The molecular weight excluding hydrogens is 454 g/mol.